The fourth-order valence-corrected chi connectivity index (χ4v) is 2.80. The molecule has 0 fully saturated rings. The Morgan fingerprint density at radius 1 is 0.762 bits per heavy atom. The molecule has 0 rings (SSSR count). The average molecular weight is 298 g/mol. The number of rotatable bonds is 15. The fraction of sp³-hybridized carbons (Fsp3) is 0.889. The summed E-state index contributed by atoms with van der Waals surface area (Å²) in [5.41, 5.74) is 0. The summed E-state index contributed by atoms with van der Waals surface area (Å²) in [4.78, 5) is 21.6. The number of carbonyl (C=O) groups is 2. The number of unbranched alkanes of at least 4 members (excludes halogenated alkanes) is 6. The van der Waals surface area contributed by atoms with Crippen molar-refractivity contribution >= 4 is 11.8 Å². The summed E-state index contributed by atoms with van der Waals surface area (Å²) >= 11 is 0. The highest BCUT2D eigenvalue weighted by molar-refractivity contribution is 6.32. The molecule has 0 amide bonds. The van der Waals surface area contributed by atoms with Gasteiger partial charge in [-0.05, 0) is 12.3 Å². The molecule has 1 unspecified atom stereocenters. The molecule has 0 saturated heterocycles. The zero-order valence-corrected chi connectivity index (χ0v) is 14.0. The van der Waals surface area contributed by atoms with Crippen molar-refractivity contribution < 1.29 is 14.7 Å². The van der Waals surface area contributed by atoms with Crippen LogP contribution in [0.15, 0.2) is 0 Å². The lowest BCUT2D eigenvalue weighted by atomic mass is 9.90. The third-order valence-corrected chi connectivity index (χ3v) is 4.19. The molecular weight excluding hydrogens is 264 g/mol. The van der Waals surface area contributed by atoms with Gasteiger partial charge in [0.05, 0.1) is 0 Å². The Labute approximate surface area is 130 Å². The molecule has 0 saturated carbocycles. The van der Waals surface area contributed by atoms with Gasteiger partial charge in [0.2, 0.25) is 5.78 Å². The second-order valence-electron chi connectivity index (χ2n) is 6.19. The van der Waals surface area contributed by atoms with Crippen molar-refractivity contribution in [1.82, 2.24) is 0 Å². The molecule has 0 aromatic rings. The molecule has 0 aliphatic rings. The first-order chi connectivity index (χ1) is 10.1. The summed E-state index contributed by atoms with van der Waals surface area (Å²) in [5, 5.41) is 8.58. The summed E-state index contributed by atoms with van der Waals surface area (Å²) in [6.07, 6.45) is 14.8. The van der Waals surface area contributed by atoms with Crippen LogP contribution >= 0.6 is 0 Å². The van der Waals surface area contributed by atoms with Gasteiger partial charge < -0.3 is 5.11 Å². The molecule has 124 valence electrons. The highest BCUT2D eigenvalue weighted by Gasteiger charge is 2.13. The van der Waals surface area contributed by atoms with Gasteiger partial charge in [0, 0.05) is 6.42 Å². The number of carbonyl (C=O) groups excluding carboxylic acids is 1. The fourth-order valence-electron chi connectivity index (χ4n) is 2.80. The second-order valence-corrected chi connectivity index (χ2v) is 6.19. The summed E-state index contributed by atoms with van der Waals surface area (Å²) in [5.74, 6) is -1.24. The predicted molar refractivity (Wildman–Crippen MR) is 87.5 cm³/mol. The monoisotopic (exact) mass is 298 g/mol. The number of carboxylic acids is 1. The number of ketones is 1. The average Bonchev–Trinajstić information content (AvgIpc) is 2.47. The topological polar surface area (TPSA) is 54.4 Å². The Morgan fingerprint density at radius 3 is 1.90 bits per heavy atom. The van der Waals surface area contributed by atoms with E-state index in [1.54, 1.807) is 0 Å². The van der Waals surface area contributed by atoms with Crippen molar-refractivity contribution in [2.24, 2.45) is 5.92 Å². The molecule has 0 bridgehead atoms. The third kappa shape index (κ3) is 12.6. The van der Waals surface area contributed by atoms with Crippen LogP contribution in [0.3, 0.4) is 0 Å². The van der Waals surface area contributed by atoms with Crippen molar-refractivity contribution in [2.75, 3.05) is 0 Å². The summed E-state index contributed by atoms with van der Waals surface area (Å²) in [6.45, 7) is 4.44. The molecule has 0 heterocycles. The van der Waals surface area contributed by atoms with Crippen LogP contribution in [0.1, 0.15) is 97.3 Å². The largest absolute Gasteiger partial charge is 0.476 e. The van der Waals surface area contributed by atoms with E-state index in [4.69, 9.17) is 5.11 Å². The van der Waals surface area contributed by atoms with Gasteiger partial charge in [-0.25, -0.2) is 4.79 Å². The molecule has 0 spiro atoms. The minimum absolute atomic E-state index is 0.203. The van der Waals surface area contributed by atoms with E-state index < -0.39 is 11.8 Å². The molecule has 3 heteroatoms. The van der Waals surface area contributed by atoms with E-state index in [-0.39, 0.29) is 6.42 Å². The lowest BCUT2D eigenvalue weighted by Crippen LogP contribution is -2.12. The van der Waals surface area contributed by atoms with Crippen molar-refractivity contribution in [3.05, 3.63) is 0 Å². The van der Waals surface area contributed by atoms with Gasteiger partial charge >= 0.3 is 5.97 Å². The molecule has 0 aliphatic carbocycles. The number of carboxylic acid groups (broad SMARTS) is 1. The lowest BCUT2D eigenvalue weighted by Gasteiger charge is -2.16. The van der Waals surface area contributed by atoms with Crippen molar-refractivity contribution in [3.63, 3.8) is 0 Å². The first-order valence-corrected chi connectivity index (χ1v) is 8.87. The third-order valence-electron chi connectivity index (χ3n) is 4.19. The molecule has 21 heavy (non-hydrogen) atoms. The van der Waals surface area contributed by atoms with Crippen molar-refractivity contribution in [3.8, 4) is 0 Å². The van der Waals surface area contributed by atoms with Crippen LogP contribution in [0.2, 0.25) is 0 Å². The van der Waals surface area contributed by atoms with Gasteiger partial charge in [-0.15, -0.1) is 0 Å². The lowest BCUT2D eigenvalue weighted by molar-refractivity contribution is -0.149. The van der Waals surface area contributed by atoms with E-state index in [0.717, 1.165) is 12.8 Å². The van der Waals surface area contributed by atoms with E-state index in [1.165, 1.54) is 64.2 Å². The van der Waals surface area contributed by atoms with Crippen LogP contribution in [0, 0.1) is 5.92 Å². The first kappa shape index (κ1) is 20.1. The summed E-state index contributed by atoms with van der Waals surface area (Å²) in [7, 11) is 0. The van der Waals surface area contributed by atoms with Gasteiger partial charge in [-0.3, -0.25) is 4.79 Å². The number of aliphatic carboxylic acids is 1. The van der Waals surface area contributed by atoms with E-state index in [1.807, 2.05) is 0 Å². The Kier molecular flexibility index (Phi) is 13.5. The van der Waals surface area contributed by atoms with Crippen molar-refractivity contribution in [1.29, 1.82) is 0 Å². The van der Waals surface area contributed by atoms with Crippen LogP contribution in [-0.2, 0) is 9.59 Å². The zero-order valence-electron chi connectivity index (χ0n) is 14.0. The Hall–Kier alpha value is -0.860. The van der Waals surface area contributed by atoms with E-state index in [2.05, 4.69) is 13.8 Å². The first-order valence-electron chi connectivity index (χ1n) is 8.87. The van der Waals surface area contributed by atoms with Gasteiger partial charge in [0.15, 0.2) is 0 Å². The maximum atomic E-state index is 11.1. The van der Waals surface area contributed by atoms with Crippen LogP contribution in [0.25, 0.3) is 0 Å². The van der Waals surface area contributed by atoms with E-state index >= 15 is 0 Å². The SMILES string of the molecule is CCCCCCCCC(CCCC)CCCC(=O)C(=O)O. The van der Waals surface area contributed by atoms with Crippen molar-refractivity contribution in [2.45, 2.75) is 97.3 Å². The molecule has 0 radical (unpaired) electrons. The van der Waals surface area contributed by atoms with E-state index in [9.17, 15) is 9.59 Å². The predicted octanol–water partition coefficient (Wildman–Crippen LogP) is 5.37. The summed E-state index contributed by atoms with van der Waals surface area (Å²) < 4.78 is 0. The van der Waals surface area contributed by atoms with Crippen LogP contribution in [-0.4, -0.2) is 16.9 Å². The number of hydrogen-bond donors (Lipinski definition) is 1. The quantitative estimate of drug-likeness (QED) is 0.327. The minimum atomic E-state index is -1.28. The zero-order chi connectivity index (χ0) is 15.9. The maximum Gasteiger partial charge on any atom is 0.372 e. The standard InChI is InChI=1S/C18H34O3/c1-3-5-7-8-9-10-13-16(12-6-4-2)14-11-15-17(19)18(20)21/h16H,3-15H2,1-2H3,(H,20,21). The maximum absolute atomic E-state index is 11.1. The van der Waals surface area contributed by atoms with Gasteiger partial charge in [-0.2, -0.15) is 0 Å². The highest BCUT2D eigenvalue weighted by atomic mass is 16.4. The Morgan fingerprint density at radius 2 is 1.29 bits per heavy atom. The highest BCUT2D eigenvalue weighted by Crippen LogP contribution is 2.23. The normalized spacial score (nSPS) is 12.3. The van der Waals surface area contributed by atoms with Gasteiger partial charge in [0.25, 0.3) is 0 Å². The molecule has 0 aromatic carbocycles. The minimum Gasteiger partial charge on any atom is -0.476 e. The number of Topliss-reactive ketones (excluding diaryl/α,β-unsaturated/α-hetero) is 1. The molecular formula is C18H34O3. The molecule has 0 aromatic heterocycles. The number of hydrogen-bond acceptors (Lipinski definition) is 2. The van der Waals surface area contributed by atoms with Crippen LogP contribution in [0.4, 0.5) is 0 Å². The molecule has 1 atom stereocenters. The Bertz CT molecular complexity index is 274. The molecule has 1 N–H and O–H groups in total. The smallest absolute Gasteiger partial charge is 0.372 e. The van der Waals surface area contributed by atoms with E-state index in [0.29, 0.717) is 5.92 Å². The van der Waals surface area contributed by atoms with Gasteiger partial charge in [-0.1, -0.05) is 84.5 Å². The summed E-state index contributed by atoms with van der Waals surface area (Å²) in [6, 6.07) is 0. The molecule has 3 nitrogen and oxygen atoms in total. The molecule has 0 aliphatic heterocycles. The van der Waals surface area contributed by atoms with Crippen LogP contribution < -0.4 is 0 Å². The Balaban J connectivity index is 3.80. The van der Waals surface area contributed by atoms with Crippen LogP contribution in [0.5, 0.6) is 0 Å². The second kappa shape index (κ2) is 14.1. The van der Waals surface area contributed by atoms with Gasteiger partial charge in [0.1, 0.15) is 0 Å².